The first kappa shape index (κ1) is 24.8. The molecule has 4 atom stereocenters. The Labute approximate surface area is 236 Å². The van der Waals surface area contributed by atoms with Crippen LogP contribution in [0.3, 0.4) is 0 Å². The molecular formula is C36H34N2O2. The van der Waals surface area contributed by atoms with Crippen molar-refractivity contribution in [2.24, 2.45) is 15.4 Å². The molecule has 0 aromatic heterocycles. The van der Waals surface area contributed by atoms with Gasteiger partial charge in [-0.2, -0.15) is 0 Å². The first-order valence-electron chi connectivity index (χ1n) is 14.5. The third-order valence-corrected chi connectivity index (χ3v) is 8.63. The zero-order chi connectivity index (χ0) is 26.8. The Morgan fingerprint density at radius 2 is 0.800 bits per heavy atom. The lowest BCUT2D eigenvalue weighted by molar-refractivity contribution is 0.142. The Morgan fingerprint density at radius 3 is 1.18 bits per heavy atom. The van der Waals surface area contributed by atoms with Gasteiger partial charge in [0.25, 0.3) is 0 Å². The van der Waals surface area contributed by atoms with Crippen LogP contribution in [-0.4, -0.2) is 11.8 Å². The van der Waals surface area contributed by atoms with E-state index in [1.54, 1.807) is 0 Å². The highest BCUT2D eigenvalue weighted by atomic mass is 16.5. The molecule has 0 spiro atoms. The van der Waals surface area contributed by atoms with Crippen molar-refractivity contribution in [2.75, 3.05) is 0 Å². The van der Waals surface area contributed by atoms with Crippen LogP contribution in [0.15, 0.2) is 131 Å². The van der Waals surface area contributed by atoms with Gasteiger partial charge in [0.15, 0.2) is 12.2 Å². The molecule has 2 heterocycles. The zero-order valence-corrected chi connectivity index (χ0v) is 22.6. The summed E-state index contributed by atoms with van der Waals surface area (Å²) in [5.41, 5.74) is 4.14. The highest BCUT2D eigenvalue weighted by molar-refractivity contribution is 6.06. The van der Waals surface area contributed by atoms with Gasteiger partial charge >= 0.3 is 0 Å². The van der Waals surface area contributed by atoms with Gasteiger partial charge in [0.1, 0.15) is 17.5 Å². The van der Waals surface area contributed by atoms with Gasteiger partial charge in [-0.3, -0.25) is 0 Å². The minimum Gasteiger partial charge on any atom is -0.469 e. The minimum absolute atomic E-state index is 0.116. The van der Waals surface area contributed by atoms with Crippen LogP contribution in [0.1, 0.15) is 78.6 Å². The molecule has 4 nitrogen and oxygen atoms in total. The Hall–Kier alpha value is -4.18. The molecule has 200 valence electrons. The maximum atomic E-state index is 6.94. The largest absolute Gasteiger partial charge is 0.469 e. The van der Waals surface area contributed by atoms with E-state index in [-0.39, 0.29) is 24.3 Å². The summed E-state index contributed by atoms with van der Waals surface area (Å²) in [6.07, 6.45) is 4.89. The number of rotatable bonds is 6. The maximum absolute atomic E-state index is 6.94. The Morgan fingerprint density at radius 1 is 0.450 bits per heavy atom. The third kappa shape index (κ3) is 4.52. The lowest BCUT2D eigenvalue weighted by atomic mass is 9.73. The van der Waals surface area contributed by atoms with Gasteiger partial charge in [0.2, 0.25) is 11.8 Å². The highest BCUT2D eigenvalue weighted by Gasteiger charge is 2.53. The first-order chi connectivity index (χ1) is 19.8. The molecule has 40 heavy (non-hydrogen) atoms. The molecule has 4 unspecified atom stereocenters. The fraction of sp³-hybridized carbons (Fsp3) is 0.278. The van der Waals surface area contributed by atoms with Crippen molar-refractivity contribution in [3.63, 3.8) is 0 Å². The van der Waals surface area contributed by atoms with E-state index in [4.69, 9.17) is 19.5 Å². The summed E-state index contributed by atoms with van der Waals surface area (Å²) in [6.45, 7) is 0. The third-order valence-electron chi connectivity index (χ3n) is 8.63. The normalized spacial score (nSPS) is 25.4. The molecule has 4 aromatic rings. The zero-order valence-electron chi connectivity index (χ0n) is 22.6. The van der Waals surface area contributed by atoms with Gasteiger partial charge in [-0.25, -0.2) is 9.98 Å². The lowest BCUT2D eigenvalue weighted by Gasteiger charge is -2.36. The summed E-state index contributed by atoms with van der Waals surface area (Å²) in [6, 6.07) is 41.8. The number of ether oxygens (including phenoxy) is 2. The molecule has 0 saturated heterocycles. The van der Waals surface area contributed by atoms with Gasteiger partial charge in [-0.1, -0.05) is 141 Å². The maximum Gasteiger partial charge on any atom is 0.200 e. The van der Waals surface area contributed by atoms with E-state index in [1.807, 2.05) is 0 Å². The van der Waals surface area contributed by atoms with Crippen molar-refractivity contribution in [1.82, 2.24) is 0 Å². The molecular weight excluding hydrogens is 492 g/mol. The molecule has 0 bridgehead atoms. The van der Waals surface area contributed by atoms with Crippen LogP contribution in [-0.2, 0) is 9.47 Å². The molecule has 1 saturated carbocycles. The molecule has 4 aromatic carbocycles. The summed E-state index contributed by atoms with van der Waals surface area (Å²) in [5, 5.41) is 0. The summed E-state index contributed by atoms with van der Waals surface area (Å²) in [7, 11) is 0. The van der Waals surface area contributed by atoms with Crippen LogP contribution in [0.25, 0.3) is 0 Å². The van der Waals surface area contributed by atoms with Crippen molar-refractivity contribution >= 4 is 11.8 Å². The molecule has 4 heteroatoms. The summed E-state index contributed by atoms with van der Waals surface area (Å²) in [5.74, 6) is 1.57. The highest BCUT2D eigenvalue weighted by Crippen LogP contribution is 2.52. The first-order valence-corrected chi connectivity index (χ1v) is 14.5. The van der Waals surface area contributed by atoms with E-state index in [1.165, 1.54) is 6.42 Å². The summed E-state index contributed by atoms with van der Waals surface area (Å²) >= 11 is 0. The Balaban J connectivity index is 1.32. The van der Waals surface area contributed by atoms with Gasteiger partial charge < -0.3 is 9.47 Å². The van der Waals surface area contributed by atoms with Crippen molar-refractivity contribution < 1.29 is 9.47 Å². The predicted octanol–water partition coefficient (Wildman–Crippen LogP) is 8.76. The monoisotopic (exact) mass is 526 g/mol. The average molecular weight is 527 g/mol. The average Bonchev–Trinajstić information content (AvgIpc) is 3.70. The SMILES string of the molecule is c1ccc(C2N=C(C3(C4=NC(c5ccccc5)C(c5ccccc5)O4)CCCCC3)OC2c2ccccc2)cc1. The van der Waals surface area contributed by atoms with Crippen LogP contribution in [0.2, 0.25) is 0 Å². The van der Waals surface area contributed by atoms with Crippen LogP contribution >= 0.6 is 0 Å². The van der Waals surface area contributed by atoms with Gasteiger partial charge in [-0.05, 0) is 35.1 Å². The topological polar surface area (TPSA) is 43.2 Å². The van der Waals surface area contributed by atoms with Gasteiger partial charge in [0.05, 0.1) is 0 Å². The molecule has 1 fully saturated rings. The molecule has 3 aliphatic rings. The van der Waals surface area contributed by atoms with Crippen LogP contribution < -0.4 is 0 Å². The van der Waals surface area contributed by atoms with E-state index in [0.29, 0.717) is 0 Å². The van der Waals surface area contributed by atoms with E-state index in [0.717, 1.165) is 59.7 Å². The Kier molecular flexibility index (Phi) is 6.68. The van der Waals surface area contributed by atoms with E-state index >= 15 is 0 Å². The fourth-order valence-electron chi connectivity index (χ4n) is 6.55. The number of hydrogen-bond acceptors (Lipinski definition) is 4. The van der Waals surface area contributed by atoms with Crippen LogP contribution in [0, 0.1) is 5.41 Å². The number of aliphatic imine (C=N–C) groups is 2. The van der Waals surface area contributed by atoms with Gasteiger partial charge in [-0.15, -0.1) is 0 Å². The molecule has 0 N–H and O–H groups in total. The molecule has 2 aliphatic heterocycles. The number of hydrogen-bond donors (Lipinski definition) is 0. The minimum atomic E-state index is -0.467. The molecule has 1 aliphatic carbocycles. The smallest absolute Gasteiger partial charge is 0.200 e. The van der Waals surface area contributed by atoms with Gasteiger partial charge in [0, 0.05) is 0 Å². The molecule has 0 radical (unpaired) electrons. The molecule has 0 amide bonds. The second kappa shape index (κ2) is 10.8. The van der Waals surface area contributed by atoms with Crippen LogP contribution in [0.5, 0.6) is 0 Å². The Bertz CT molecular complexity index is 1370. The molecule has 7 rings (SSSR count). The van der Waals surface area contributed by atoms with E-state index < -0.39 is 5.41 Å². The van der Waals surface area contributed by atoms with Crippen molar-refractivity contribution in [1.29, 1.82) is 0 Å². The standard InChI is InChI=1S/C36H34N2O2/c1-6-16-26(17-7-1)30-32(28-20-10-3-11-21-28)39-34(37-30)36(24-14-5-15-25-36)35-38-31(27-18-8-2-9-19-27)33(40-35)29-22-12-4-13-23-29/h1-4,6-13,16-23,30-33H,5,14-15,24-25H2. The number of nitrogens with zero attached hydrogens (tertiary/aromatic N) is 2. The van der Waals surface area contributed by atoms with Crippen molar-refractivity contribution in [3.05, 3.63) is 144 Å². The van der Waals surface area contributed by atoms with Crippen LogP contribution in [0.4, 0.5) is 0 Å². The number of benzene rings is 4. The van der Waals surface area contributed by atoms with Crippen molar-refractivity contribution in [3.8, 4) is 0 Å². The quantitative estimate of drug-likeness (QED) is 0.252. The summed E-state index contributed by atoms with van der Waals surface area (Å²) < 4.78 is 13.9. The summed E-state index contributed by atoms with van der Waals surface area (Å²) in [4.78, 5) is 10.8. The fourth-order valence-corrected chi connectivity index (χ4v) is 6.55. The van der Waals surface area contributed by atoms with E-state index in [9.17, 15) is 0 Å². The van der Waals surface area contributed by atoms with Crippen molar-refractivity contribution in [2.45, 2.75) is 56.4 Å². The predicted molar refractivity (Wildman–Crippen MR) is 159 cm³/mol. The second-order valence-electron chi connectivity index (χ2n) is 11.1. The second-order valence-corrected chi connectivity index (χ2v) is 11.1. The van der Waals surface area contributed by atoms with E-state index in [2.05, 4.69) is 121 Å². The lowest BCUT2D eigenvalue weighted by Crippen LogP contribution is -2.42.